The van der Waals surface area contributed by atoms with Crippen LogP contribution in [-0.4, -0.2) is 34.0 Å². The SMILES string of the molecule is CCN(C)C(=O)Cn1ccc(=O)[nH]c1=S. The summed E-state index contributed by atoms with van der Waals surface area (Å²) in [6.07, 6.45) is 1.52. The van der Waals surface area contributed by atoms with Crippen molar-refractivity contribution in [1.29, 1.82) is 0 Å². The first-order chi connectivity index (χ1) is 7.04. The van der Waals surface area contributed by atoms with Gasteiger partial charge < -0.3 is 9.47 Å². The molecule has 0 unspecified atom stereocenters. The van der Waals surface area contributed by atoms with E-state index in [2.05, 4.69) is 4.98 Å². The topological polar surface area (TPSA) is 58.1 Å². The van der Waals surface area contributed by atoms with Crippen LogP contribution < -0.4 is 5.56 Å². The molecule has 15 heavy (non-hydrogen) atoms. The predicted octanol–water partition coefficient (Wildman–Crippen LogP) is 0.384. The molecule has 1 aromatic rings. The molecule has 0 fully saturated rings. The van der Waals surface area contributed by atoms with Gasteiger partial charge in [0.15, 0.2) is 4.77 Å². The number of carbonyl (C=O) groups is 1. The summed E-state index contributed by atoms with van der Waals surface area (Å²) < 4.78 is 1.80. The Kier molecular flexibility index (Phi) is 3.79. The molecule has 0 atom stereocenters. The first-order valence-electron chi connectivity index (χ1n) is 4.58. The molecule has 6 heteroatoms. The van der Waals surface area contributed by atoms with E-state index in [-0.39, 0.29) is 22.8 Å². The van der Waals surface area contributed by atoms with Gasteiger partial charge in [-0.3, -0.25) is 14.6 Å². The van der Waals surface area contributed by atoms with Crippen LogP contribution in [0.15, 0.2) is 17.1 Å². The predicted molar refractivity (Wildman–Crippen MR) is 59.2 cm³/mol. The van der Waals surface area contributed by atoms with Crippen molar-refractivity contribution in [1.82, 2.24) is 14.5 Å². The molecule has 5 nitrogen and oxygen atoms in total. The molecule has 0 aliphatic carbocycles. The number of nitrogens with one attached hydrogen (secondary N) is 1. The number of hydrogen-bond donors (Lipinski definition) is 1. The highest BCUT2D eigenvalue weighted by Gasteiger charge is 2.07. The molecule has 0 saturated carbocycles. The fraction of sp³-hybridized carbons (Fsp3) is 0.444. The highest BCUT2D eigenvalue weighted by atomic mass is 32.1. The maximum atomic E-state index is 11.5. The normalized spacial score (nSPS) is 10.0. The highest BCUT2D eigenvalue weighted by molar-refractivity contribution is 7.71. The van der Waals surface area contributed by atoms with E-state index in [0.29, 0.717) is 6.54 Å². The van der Waals surface area contributed by atoms with E-state index in [1.54, 1.807) is 11.9 Å². The Labute approximate surface area is 92.3 Å². The Balaban J connectivity index is 2.86. The number of aromatic nitrogens is 2. The van der Waals surface area contributed by atoms with Crippen LogP contribution in [0.25, 0.3) is 0 Å². The molecule has 1 rings (SSSR count). The number of hydrogen-bond acceptors (Lipinski definition) is 3. The zero-order chi connectivity index (χ0) is 11.4. The lowest BCUT2D eigenvalue weighted by atomic mass is 10.5. The lowest BCUT2D eigenvalue weighted by Crippen LogP contribution is -2.30. The molecule has 0 saturated heterocycles. The van der Waals surface area contributed by atoms with Crippen molar-refractivity contribution in [2.45, 2.75) is 13.5 Å². The molecule has 82 valence electrons. The van der Waals surface area contributed by atoms with E-state index in [4.69, 9.17) is 12.2 Å². The maximum Gasteiger partial charge on any atom is 0.251 e. The van der Waals surface area contributed by atoms with Crippen LogP contribution in [0.2, 0.25) is 0 Å². The number of amides is 1. The Morgan fingerprint density at radius 1 is 1.67 bits per heavy atom. The van der Waals surface area contributed by atoms with E-state index in [1.165, 1.54) is 16.8 Å². The van der Waals surface area contributed by atoms with Gasteiger partial charge in [-0.2, -0.15) is 0 Å². The number of aromatic amines is 1. The highest BCUT2D eigenvalue weighted by Crippen LogP contribution is 1.91. The van der Waals surface area contributed by atoms with Gasteiger partial charge in [0.1, 0.15) is 6.54 Å². The van der Waals surface area contributed by atoms with E-state index in [9.17, 15) is 9.59 Å². The van der Waals surface area contributed by atoms with Gasteiger partial charge in [0.05, 0.1) is 0 Å². The lowest BCUT2D eigenvalue weighted by Gasteiger charge is -2.15. The molecular formula is C9H13N3O2S. The van der Waals surface area contributed by atoms with E-state index >= 15 is 0 Å². The van der Waals surface area contributed by atoms with Crippen molar-refractivity contribution in [2.24, 2.45) is 0 Å². The second-order valence-corrected chi connectivity index (χ2v) is 3.53. The lowest BCUT2D eigenvalue weighted by molar-refractivity contribution is -0.130. The van der Waals surface area contributed by atoms with Gasteiger partial charge in [0.2, 0.25) is 5.91 Å². The van der Waals surface area contributed by atoms with E-state index in [0.717, 1.165) is 0 Å². The van der Waals surface area contributed by atoms with Gasteiger partial charge in [-0.05, 0) is 19.1 Å². The molecule has 1 heterocycles. The van der Waals surface area contributed by atoms with E-state index in [1.807, 2.05) is 6.92 Å². The number of H-pyrrole nitrogens is 1. The molecule has 0 aromatic carbocycles. The molecule has 0 aliphatic heterocycles. The minimum Gasteiger partial charge on any atom is -0.344 e. The fourth-order valence-corrected chi connectivity index (χ4v) is 1.24. The minimum absolute atomic E-state index is 0.0411. The summed E-state index contributed by atoms with van der Waals surface area (Å²) in [6.45, 7) is 2.69. The number of carbonyl (C=O) groups excluding carboxylic acids is 1. The Hall–Kier alpha value is -1.43. The van der Waals surface area contributed by atoms with Crippen LogP contribution >= 0.6 is 12.2 Å². The molecule has 0 radical (unpaired) electrons. The molecule has 0 bridgehead atoms. The standard InChI is InChI=1S/C9H13N3O2S/c1-3-11(2)8(14)6-12-5-4-7(13)10-9(12)15/h4-5H,3,6H2,1-2H3,(H,10,13,15). The second-order valence-electron chi connectivity index (χ2n) is 3.15. The second kappa shape index (κ2) is 4.88. The van der Waals surface area contributed by atoms with Crippen LogP contribution in [0.3, 0.4) is 0 Å². The van der Waals surface area contributed by atoms with Gasteiger partial charge in [0.25, 0.3) is 5.56 Å². The molecule has 0 aliphatic rings. The zero-order valence-electron chi connectivity index (χ0n) is 8.69. The van der Waals surface area contributed by atoms with Crippen molar-refractivity contribution in [3.05, 3.63) is 27.4 Å². The van der Waals surface area contributed by atoms with Crippen molar-refractivity contribution >= 4 is 18.1 Å². The average Bonchev–Trinajstić information content (AvgIpc) is 2.20. The van der Waals surface area contributed by atoms with Crippen LogP contribution in [-0.2, 0) is 11.3 Å². The third kappa shape index (κ3) is 3.02. The maximum absolute atomic E-state index is 11.5. The van der Waals surface area contributed by atoms with Gasteiger partial charge in [-0.25, -0.2) is 0 Å². The first kappa shape index (κ1) is 11.6. The third-order valence-corrected chi connectivity index (χ3v) is 2.44. The summed E-state index contributed by atoms with van der Waals surface area (Å²) >= 11 is 4.92. The van der Waals surface area contributed by atoms with Crippen LogP contribution in [0.1, 0.15) is 6.92 Å². The molecule has 0 spiro atoms. The summed E-state index contributed by atoms with van der Waals surface area (Å²) in [4.78, 5) is 26.5. The molecule has 1 aromatic heterocycles. The Morgan fingerprint density at radius 2 is 2.33 bits per heavy atom. The van der Waals surface area contributed by atoms with Crippen molar-refractivity contribution in [3.8, 4) is 0 Å². The number of likely N-dealkylation sites (N-methyl/N-ethyl adjacent to an activating group) is 1. The summed E-state index contributed by atoms with van der Waals surface area (Å²) in [6, 6.07) is 1.34. The molecule has 1 N–H and O–H groups in total. The van der Waals surface area contributed by atoms with Crippen LogP contribution in [0.5, 0.6) is 0 Å². The fourth-order valence-electron chi connectivity index (χ4n) is 1.01. The van der Waals surface area contributed by atoms with Gasteiger partial charge in [-0.1, -0.05) is 0 Å². The minimum atomic E-state index is -0.257. The Morgan fingerprint density at radius 3 is 2.87 bits per heavy atom. The monoisotopic (exact) mass is 227 g/mol. The first-order valence-corrected chi connectivity index (χ1v) is 4.99. The number of nitrogens with zero attached hydrogens (tertiary/aromatic N) is 2. The number of rotatable bonds is 3. The van der Waals surface area contributed by atoms with Crippen LogP contribution in [0.4, 0.5) is 0 Å². The van der Waals surface area contributed by atoms with Crippen LogP contribution in [0, 0.1) is 4.77 Å². The summed E-state index contributed by atoms with van der Waals surface area (Å²) in [5.41, 5.74) is -0.257. The molecular weight excluding hydrogens is 214 g/mol. The van der Waals surface area contributed by atoms with Crippen molar-refractivity contribution in [3.63, 3.8) is 0 Å². The quantitative estimate of drug-likeness (QED) is 0.760. The van der Waals surface area contributed by atoms with Gasteiger partial charge in [-0.15, -0.1) is 0 Å². The van der Waals surface area contributed by atoms with Gasteiger partial charge in [0, 0.05) is 25.9 Å². The summed E-state index contributed by atoms with van der Waals surface area (Å²) in [5, 5.41) is 0. The van der Waals surface area contributed by atoms with E-state index < -0.39 is 0 Å². The average molecular weight is 227 g/mol. The largest absolute Gasteiger partial charge is 0.344 e. The van der Waals surface area contributed by atoms with Crippen molar-refractivity contribution in [2.75, 3.05) is 13.6 Å². The Bertz CT molecular complexity index is 463. The third-order valence-electron chi connectivity index (χ3n) is 2.10. The zero-order valence-corrected chi connectivity index (χ0v) is 9.50. The van der Waals surface area contributed by atoms with Crippen molar-refractivity contribution < 1.29 is 4.79 Å². The molecule has 1 amide bonds. The summed E-state index contributed by atoms with van der Waals surface area (Å²) in [7, 11) is 1.72. The van der Waals surface area contributed by atoms with Gasteiger partial charge >= 0.3 is 0 Å². The summed E-state index contributed by atoms with van der Waals surface area (Å²) in [5.74, 6) is -0.0411. The smallest absolute Gasteiger partial charge is 0.251 e.